The number of carbonyl (C=O) groups is 1. The van der Waals surface area contributed by atoms with Crippen LogP contribution >= 0.6 is 0 Å². The van der Waals surface area contributed by atoms with Crippen molar-refractivity contribution in [2.45, 2.75) is 26.2 Å². The summed E-state index contributed by atoms with van der Waals surface area (Å²) in [6, 6.07) is 5.53. The number of aryl methyl sites for hydroxylation is 2. The first kappa shape index (κ1) is 13.9. The van der Waals surface area contributed by atoms with Crippen molar-refractivity contribution in [3.8, 4) is 5.75 Å². The highest BCUT2D eigenvalue weighted by molar-refractivity contribution is 5.76. The topological polar surface area (TPSA) is 52.6 Å². The van der Waals surface area contributed by atoms with Crippen LogP contribution in [0.1, 0.15) is 24.0 Å². The second-order valence-electron chi connectivity index (χ2n) is 5.12. The molecule has 4 nitrogen and oxygen atoms in total. The highest BCUT2D eigenvalue weighted by atomic mass is 16.3. The molecule has 1 fully saturated rings. The largest absolute Gasteiger partial charge is 0.508 e. The van der Waals surface area contributed by atoms with Crippen molar-refractivity contribution in [3.05, 3.63) is 29.3 Å². The van der Waals surface area contributed by atoms with Gasteiger partial charge in [0.1, 0.15) is 5.75 Å². The van der Waals surface area contributed by atoms with Gasteiger partial charge >= 0.3 is 0 Å². The standard InChI is InChI=1S/C15H22N2O2/c1-12-3-5-14(18)13(11-12)4-6-15(19)17-9-2-7-16-8-10-17/h3,5,11,16,18H,2,4,6-10H2,1H3. The number of amides is 1. The smallest absolute Gasteiger partial charge is 0.222 e. The van der Waals surface area contributed by atoms with Gasteiger partial charge in [0.15, 0.2) is 0 Å². The first-order chi connectivity index (χ1) is 9.16. The molecule has 4 heteroatoms. The highest BCUT2D eigenvalue weighted by Gasteiger charge is 2.15. The van der Waals surface area contributed by atoms with Gasteiger partial charge in [-0.05, 0) is 37.9 Å². The van der Waals surface area contributed by atoms with E-state index in [2.05, 4.69) is 5.32 Å². The lowest BCUT2D eigenvalue weighted by molar-refractivity contribution is -0.130. The van der Waals surface area contributed by atoms with Crippen molar-refractivity contribution in [1.29, 1.82) is 0 Å². The molecule has 0 bridgehead atoms. The lowest BCUT2D eigenvalue weighted by Crippen LogP contribution is -2.34. The predicted octanol–water partition coefficient (Wildman–Crippen LogP) is 1.46. The van der Waals surface area contributed by atoms with E-state index in [1.807, 2.05) is 24.0 Å². The lowest BCUT2D eigenvalue weighted by atomic mass is 10.1. The SMILES string of the molecule is Cc1ccc(O)c(CCC(=O)N2CCCNCC2)c1. The third-order valence-electron chi connectivity index (χ3n) is 3.54. The Labute approximate surface area is 114 Å². The Balaban J connectivity index is 1.90. The van der Waals surface area contributed by atoms with E-state index in [1.54, 1.807) is 6.07 Å². The van der Waals surface area contributed by atoms with Crippen molar-refractivity contribution in [2.24, 2.45) is 0 Å². The van der Waals surface area contributed by atoms with Gasteiger partial charge in [0.2, 0.25) is 5.91 Å². The minimum Gasteiger partial charge on any atom is -0.508 e. The van der Waals surface area contributed by atoms with E-state index in [0.29, 0.717) is 12.8 Å². The van der Waals surface area contributed by atoms with Crippen molar-refractivity contribution in [1.82, 2.24) is 10.2 Å². The molecule has 0 unspecified atom stereocenters. The van der Waals surface area contributed by atoms with Gasteiger partial charge in [-0.3, -0.25) is 4.79 Å². The van der Waals surface area contributed by atoms with Gasteiger partial charge in [0.05, 0.1) is 0 Å². The van der Waals surface area contributed by atoms with E-state index in [-0.39, 0.29) is 11.7 Å². The third-order valence-corrected chi connectivity index (χ3v) is 3.54. The quantitative estimate of drug-likeness (QED) is 0.867. The van der Waals surface area contributed by atoms with Crippen LogP contribution in [0.2, 0.25) is 0 Å². The first-order valence-corrected chi connectivity index (χ1v) is 6.94. The Bertz CT molecular complexity index is 438. The van der Waals surface area contributed by atoms with Crippen LogP contribution in [0.25, 0.3) is 0 Å². The molecule has 1 aliphatic heterocycles. The molecule has 0 radical (unpaired) electrons. The lowest BCUT2D eigenvalue weighted by Gasteiger charge is -2.20. The minimum absolute atomic E-state index is 0.185. The number of aromatic hydroxyl groups is 1. The number of rotatable bonds is 3. The van der Waals surface area contributed by atoms with Crippen LogP contribution in [0, 0.1) is 6.92 Å². The maximum absolute atomic E-state index is 12.1. The molecule has 0 aliphatic carbocycles. The van der Waals surface area contributed by atoms with Crippen LogP contribution in [-0.4, -0.2) is 42.1 Å². The summed E-state index contributed by atoms with van der Waals surface area (Å²) < 4.78 is 0. The predicted molar refractivity (Wildman–Crippen MR) is 75.2 cm³/mol. The summed E-state index contributed by atoms with van der Waals surface area (Å²) in [5.74, 6) is 0.473. The molecule has 0 aromatic heterocycles. The fraction of sp³-hybridized carbons (Fsp3) is 0.533. The summed E-state index contributed by atoms with van der Waals surface area (Å²) in [4.78, 5) is 14.1. The van der Waals surface area contributed by atoms with Crippen LogP contribution in [0.3, 0.4) is 0 Å². The number of nitrogens with zero attached hydrogens (tertiary/aromatic N) is 1. The van der Waals surface area contributed by atoms with Gasteiger partial charge < -0.3 is 15.3 Å². The van der Waals surface area contributed by atoms with Gasteiger partial charge in [-0.25, -0.2) is 0 Å². The number of hydrogen-bond acceptors (Lipinski definition) is 3. The van der Waals surface area contributed by atoms with Crippen LogP contribution < -0.4 is 5.32 Å². The first-order valence-electron chi connectivity index (χ1n) is 6.94. The molecule has 104 valence electrons. The zero-order valence-corrected chi connectivity index (χ0v) is 11.5. The summed E-state index contributed by atoms with van der Waals surface area (Å²) in [7, 11) is 0. The van der Waals surface area contributed by atoms with Crippen molar-refractivity contribution >= 4 is 5.91 Å². The molecule has 1 aromatic carbocycles. The Kier molecular flexibility index (Phi) is 4.80. The number of phenols is 1. The fourth-order valence-corrected chi connectivity index (χ4v) is 2.41. The summed E-state index contributed by atoms with van der Waals surface area (Å²) in [5.41, 5.74) is 1.97. The zero-order chi connectivity index (χ0) is 13.7. The number of phenolic OH excluding ortho intramolecular Hbond substituents is 1. The van der Waals surface area contributed by atoms with Gasteiger partial charge in [0.25, 0.3) is 0 Å². The van der Waals surface area contributed by atoms with E-state index in [0.717, 1.165) is 43.7 Å². The third kappa shape index (κ3) is 3.96. The Morgan fingerprint density at radius 3 is 3.05 bits per heavy atom. The summed E-state index contributed by atoms with van der Waals surface area (Å²) >= 11 is 0. The zero-order valence-electron chi connectivity index (χ0n) is 11.5. The molecule has 0 spiro atoms. The number of benzene rings is 1. The van der Waals surface area contributed by atoms with Crippen LogP contribution in [0.15, 0.2) is 18.2 Å². The minimum atomic E-state index is 0.185. The molecule has 19 heavy (non-hydrogen) atoms. The van der Waals surface area contributed by atoms with Gasteiger partial charge in [-0.1, -0.05) is 17.7 Å². The molecule has 1 amide bonds. The molecule has 0 saturated carbocycles. The fourth-order valence-electron chi connectivity index (χ4n) is 2.41. The van der Waals surface area contributed by atoms with Crippen molar-refractivity contribution < 1.29 is 9.90 Å². The Hall–Kier alpha value is -1.55. The summed E-state index contributed by atoms with van der Waals surface area (Å²) in [6.45, 7) is 5.49. The van der Waals surface area contributed by atoms with Gasteiger partial charge in [-0.15, -0.1) is 0 Å². The molecule has 1 heterocycles. The second-order valence-corrected chi connectivity index (χ2v) is 5.12. The maximum Gasteiger partial charge on any atom is 0.222 e. The van der Waals surface area contributed by atoms with E-state index in [1.165, 1.54) is 0 Å². The molecule has 1 aliphatic rings. The summed E-state index contributed by atoms with van der Waals surface area (Å²) in [6.07, 6.45) is 2.09. The molecular formula is C15H22N2O2. The van der Waals surface area contributed by atoms with E-state index in [4.69, 9.17) is 0 Å². The normalized spacial score (nSPS) is 16.2. The van der Waals surface area contributed by atoms with Crippen LogP contribution in [0.5, 0.6) is 5.75 Å². The molecule has 2 rings (SSSR count). The Morgan fingerprint density at radius 2 is 2.21 bits per heavy atom. The maximum atomic E-state index is 12.1. The van der Waals surface area contributed by atoms with Gasteiger partial charge in [0, 0.05) is 26.1 Å². The Morgan fingerprint density at radius 1 is 1.37 bits per heavy atom. The monoisotopic (exact) mass is 262 g/mol. The molecule has 1 saturated heterocycles. The van der Waals surface area contributed by atoms with Crippen molar-refractivity contribution in [2.75, 3.05) is 26.2 Å². The van der Waals surface area contributed by atoms with E-state index in [9.17, 15) is 9.90 Å². The number of nitrogens with one attached hydrogen (secondary N) is 1. The number of carbonyl (C=O) groups excluding carboxylic acids is 1. The van der Waals surface area contributed by atoms with Crippen molar-refractivity contribution in [3.63, 3.8) is 0 Å². The van der Waals surface area contributed by atoms with E-state index < -0.39 is 0 Å². The van der Waals surface area contributed by atoms with E-state index >= 15 is 0 Å². The number of hydrogen-bond donors (Lipinski definition) is 2. The average Bonchev–Trinajstić information content (AvgIpc) is 2.68. The molecule has 0 atom stereocenters. The second kappa shape index (κ2) is 6.57. The van der Waals surface area contributed by atoms with Crippen LogP contribution in [0.4, 0.5) is 0 Å². The summed E-state index contributed by atoms with van der Waals surface area (Å²) in [5, 5.41) is 13.1. The highest BCUT2D eigenvalue weighted by Crippen LogP contribution is 2.20. The molecular weight excluding hydrogens is 240 g/mol. The van der Waals surface area contributed by atoms with Gasteiger partial charge in [-0.2, -0.15) is 0 Å². The van der Waals surface area contributed by atoms with Crippen LogP contribution in [-0.2, 0) is 11.2 Å². The molecule has 1 aromatic rings. The molecule has 2 N–H and O–H groups in total. The average molecular weight is 262 g/mol.